The lowest BCUT2D eigenvalue weighted by molar-refractivity contribution is 0.832. The van der Waals surface area contributed by atoms with Gasteiger partial charge in [-0.25, -0.2) is 0 Å². The topological polar surface area (TPSA) is 12.0 Å². The molecule has 2 aromatic rings. The van der Waals surface area contributed by atoms with Crippen LogP contribution in [-0.4, -0.2) is 7.05 Å². The number of hydrogen-bond acceptors (Lipinski definition) is 2. The zero-order valence-corrected chi connectivity index (χ0v) is 9.71. The van der Waals surface area contributed by atoms with Gasteiger partial charge in [0, 0.05) is 26.0 Å². The molecule has 0 unspecified atom stereocenters. The number of nitrogens with one attached hydrogen (secondary N) is 1. The van der Waals surface area contributed by atoms with E-state index >= 15 is 0 Å². The highest BCUT2D eigenvalue weighted by molar-refractivity contribution is 9.10. The zero-order valence-electron chi connectivity index (χ0n) is 7.30. The van der Waals surface area contributed by atoms with Crippen LogP contribution in [0.2, 0.25) is 0 Å². The minimum atomic E-state index is 0.950. The fourth-order valence-corrected chi connectivity index (χ4v) is 3.05. The molecular formula is C10H10BrNS. The van der Waals surface area contributed by atoms with E-state index < -0.39 is 0 Å². The monoisotopic (exact) mass is 255 g/mol. The lowest BCUT2D eigenvalue weighted by atomic mass is 10.2. The van der Waals surface area contributed by atoms with E-state index in [-0.39, 0.29) is 0 Å². The van der Waals surface area contributed by atoms with Gasteiger partial charge in [0.15, 0.2) is 0 Å². The summed E-state index contributed by atoms with van der Waals surface area (Å²) in [6.07, 6.45) is 0. The summed E-state index contributed by atoms with van der Waals surface area (Å²) >= 11 is 5.39. The van der Waals surface area contributed by atoms with E-state index in [2.05, 4.69) is 45.5 Å². The van der Waals surface area contributed by atoms with Crippen LogP contribution in [-0.2, 0) is 6.54 Å². The van der Waals surface area contributed by atoms with Crippen LogP contribution < -0.4 is 5.32 Å². The summed E-state index contributed by atoms with van der Waals surface area (Å²) in [5.74, 6) is 0. The van der Waals surface area contributed by atoms with Crippen LogP contribution >= 0.6 is 27.3 Å². The van der Waals surface area contributed by atoms with Crippen LogP contribution in [0.5, 0.6) is 0 Å². The molecule has 13 heavy (non-hydrogen) atoms. The molecule has 1 aromatic carbocycles. The van der Waals surface area contributed by atoms with Crippen molar-refractivity contribution in [2.75, 3.05) is 7.05 Å². The van der Waals surface area contributed by atoms with E-state index in [1.54, 1.807) is 0 Å². The second kappa shape index (κ2) is 3.78. The molecule has 0 aliphatic carbocycles. The molecule has 0 bridgehead atoms. The molecule has 0 fully saturated rings. The van der Waals surface area contributed by atoms with Crippen LogP contribution in [0.1, 0.15) is 4.88 Å². The van der Waals surface area contributed by atoms with Gasteiger partial charge in [0.2, 0.25) is 0 Å². The lowest BCUT2D eigenvalue weighted by Crippen LogP contribution is -2.02. The quantitative estimate of drug-likeness (QED) is 0.868. The molecule has 0 atom stereocenters. The van der Waals surface area contributed by atoms with Gasteiger partial charge in [-0.2, -0.15) is 0 Å². The fraction of sp³-hybridized carbons (Fsp3) is 0.200. The minimum absolute atomic E-state index is 0.950. The van der Waals surface area contributed by atoms with Gasteiger partial charge in [0.1, 0.15) is 0 Å². The Hall–Kier alpha value is -0.380. The molecule has 1 N–H and O–H groups in total. The average Bonchev–Trinajstić information content (AvgIpc) is 2.49. The van der Waals surface area contributed by atoms with Gasteiger partial charge in [-0.05, 0) is 25.2 Å². The molecule has 3 heteroatoms. The predicted molar refractivity (Wildman–Crippen MR) is 62.3 cm³/mol. The number of fused-ring (bicyclic) bond motifs is 1. The maximum Gasteiger partial charge on any atom is 0.0357 e. The van der Waals surface area contributed by atoms with Crippen molar-refractivity contribution in [1.29, 1.82) is 0 Å². The SMILES string of the molecule is CNCc1cc2c(Br)cccc2s1. The van der Waals surface area contributed by atoms with Gasteiger partial charge < -0.3 is 5.32 Å². The molecular weight excluding hydrogens is 246 g/mol. The number of rotatable bonds is 2. The van der Waals surface area contributed by atoms with Crippen molar-refractivity contribution in [2.45, 2.75) is 6.54 Å². The zero-order chi connectivity index (χ0) is 9.26. The van der Waals surface area contributed by atoms with Crippen molar-refractivity contribution in [3.63, 3.8) is 0 Å². The van der Waals surface area contributed by atoms with Gasteiger partial charge in [-0.1, -0.05) is 22.0 Å². The van der Waals surface area contributed by atoms with E-state index in [1.165, 1.54) is 19.4 Å². The van der Waals surface area contributed by atoms with Gasteiger partial charge in [-0.3, -0.25) is 0 Å². The lowest BCUT2D eigenvalue weighted by Gasteiger charge is -1.90. The number of benzene rings is 1. The van der Waals surface area contributed by atoms with Gasteiger partial charge >= 0.3 is 0 Å². The summed E-state index contributed by atoms with van der Waals surface area (Å²) in [6, 6.07) is 8.55. The van der Waals surface area contributed by atoms with Gasteiger partial charge in [0.25, 0.3) is 0 Å². The minimum Gasteiger partial charge on any atom is -0.315 e. The fourth-order valence-electron chi connectivity index (χ4n) is 1.34. The van der Waals surface area contributed by atoms with Crippen molar-refractivity contribution < 1.29 is 0 Å². The summed E-state index contributed by atoms with van der Waals surface area (Å²) in [7, 11) is 1.97. The second-order valence-electron chi connectivity index (χ2n) is 2.89. The molecule has 1 aromatic heterocycles. The maximum atomic E-state index is 3.55. The molecule has 0 spiro atoms. The van der Waals surface area contributed by atoms with Crippen LogP contribution in [0.25, 0.3) is 10.1 Å². The molecule has 0 aliphatic heterocycles. The molecule has 1 heterocycles. The number of thiophene rings is 1. The summed E-state index contributed by atoms with van der Waals surface area (Å²) in [5.41, 5.74) is 0. The largest absolute Gasteiger partial charge is 0.315 e. The average molecular weight is 256 g/mol. The van der Waals surface area contributed by atoms with E-state index in [0.717, 1.165) is 6.54 Å². The third-order valence-corrected chi connectivity index (χ3v) is 3.70. The standard InChI is InChI=1S/C10H10BrNS/c1-12-6-7-5-8-9(11)3-2-4-10(8)13-7/h2-5,12H,6H2,1H3. The first-order valence-corrected chi connectivity index (χ1v) is 5.74. The Labute approximate surface area is 89.9 Å². The summed E-state index contributed by atoms with van der Waals surface area (Å²) < 4.78 is 2.53. The normalized spacial score (nSPS) is 10.9. The van der Waals surface area contributed by atoms with Crippen molar-refractivity contribution in [2.24, 2.45) is 0 Å². The summed E-state index contributed by atoms with van der Waals surface area (Å²) in [6.45, 7) is 0.950. The van der Waals surface area contributed by atoms with E-state index in [1.807, 2.05) is 18.4 Å². The first-order valence-electron chi connectivity index (χ1n) is 4.13. The molecule has 0 saturated heterocycles. The Kier molecular flexibility index (Phi) is 2.67. The van der Waals surface area contributed by atoms with Crippen LogP contribution in [0.4, 0.5) is 0 Å². The number of halogens is 1. The smallest absolute Gasteiger partial charge is 0.0357 e. The molecule has 2 rings (SSSR count). The van der Waals surface area contributed by atoms with Gasteiger partial charge in [0.05, 0.1) is 0 Å². The maximum absolute atomic E-state index is 3.55. The van der Waals surface area contributed by atoms with Crippen molar-refractivity contribution in [3.8, 4) is 0 Å². The summed E-state index contributed by atoms with van der Waals surface area (Å²) in [4.78, 5) is 1.38. The second-order valence-corrected chi connectivity index (χ2v) is 4.92. The summed E-state index contributed by atoms with van der Waals surface area (Å²) in [5, 5.41) is 4.48. The molecule has 1 nitrogen and oxygen atoms in total. The Balaban J connectivity index is 2.55. The third-order valence-electron chi connectivity index (χ3n) is 1.91. The van der Waals surface area contributed by atoms with E-state index in [0.29, 0.717) is 0 Å². The van der Waals surface area contributed by atoms with Crippen LogP contribution in [0.3, 0.4) is 0 Å². The molecule has 68 valence electrons. The Morgan fingerprint density at radius 3 is 3.00 bits per heavy atom. The first kappa shape index (κ1) is 9.19. The Morgan fingerprint density at radius 2 is 2.31 bits per heavy atom. The molecule has 0 amide bonds. The Bertz CT molecular complexity index is 422. The highest BCUT2D eigenvalue weighted by Gasteiger charge is 2.02. The molecule has 0 aliphatic rings. The molecule has 0 radical (unpaired) electrons. The van der Waals surface area contributed by atoms with E-state index in [9.17, 15) is 0 Å². The van der Waals surface area contributed by atoms with Gasteiger partial charge in [-0.15, -0.1) is 11.3 Å². The van der Waals surface area contributed by atoms with Crippen molar-refractivity contribution >= 4 is 37.4 Å². The first-order chi connectivity index (χ1) is 6.31. The Morgan fingerprint density at radius 1 is 1.46 bits per heavy atom. The van der Waals surface area contributed by atoms with Crippen LogP contribution in [0, 0.1) is 0 Å². The third kappa shape index (κ3) is 1.77. The van der Waals surface area contributed by atoms with Crippen molar-refractivity contribution in [1.82, 2.24) is 5.32 Å². The van der Waals surface area contributed by atoms with Crippen molar-refractivity contribution in [3.05, 3.63) is 33.6 Å². The number of hydrogen-bond donors (Lipinski definition) is 1. The van der Waals surface area contributed by atoms with Crippen LogP contribution in [0.15, 0.2) is 28.7 Å². The molecule has 0 saturated carbocycles. The highest BCUT2D eigenvalue weighted by Crippen LogP contribution is 2.30. The van der Waals surface area contributed by atoms with E-state index in [4.69, 9.17) is 0 Å². The predicted octanol–water partition coefficient (Wildman–Crippen LogP) is 3.38. The highest BCUT2D eigenvalue weighted by atomic mass is 79.9.